The number of nitriles is 1. The Morgan fingerprint density at radius 3 is 2.95 bits per heavy atom. The van der Waals surface area contributed by atoms with E-state index in [-0.39, 0.29) is 0 Å². The molecular formula is C16H14N3+. The van der Waals surface area contributed by atoms with Crippen molar-refractivity contribution in [2.75, 3.05) is 0 Å². The molecule has 0 aliphatic carbocycles. The lowest BCUT2D eigenvalue weighted by Gasteiger charge is -1.97. The number of aromatic nitrogens is 2. The van der Waals surface area contributed by atoms with E-state index in [0.717, 1.165) is 13.0 Å². The molecule has 2 heterocycles. The Morgan fingerprint density at radius 1 is 1.16 bits per heavy atom. The van der Waals surface area contributed by atoms with Crippen LogP contribution >= 0.6 is 0 Å². The van der Waals surface area contributed by atoms with Crippen molar-refractivity contribution in [3.63, 3.8) is 0 Å². The molecule has 2 aromatic heterocycles. The van der Waals surface area contributed by atoms with Gasteiger partial charge in [0.1, 0.15) is 11.6 Å². The van der Waals surface area contributed by atoms with Crippen molar-refractivity contribution in [1.82, 2.24) is 4.98 Å². The van der Waals surface area contributed by atoms with Gasteiger partial charge in [0.15, 0.2) is 18.9 Å². The first-order chi connectivity index (χ1) is 9.36. The van der Waals surface area contributed by atoms with Crippen molar-refractivity contribution in [2.24, 2.45) is 0 Å². The number of rotatable bonds is 3. The van der Waals surface area contributed by atoms with Gasteiger partial charge in [-0.1, -0.05) is 18.2 Å². The van der Waals surface area contributed by atoms with E-state index >= 15 is 0 Å². The SMILES string of the molecule is N#Cc1ccc[n+](CCc2c[nH]c3ccccc23)c1. The Labute approximate surface area is 111 Å². The van der Waals surface area contributed by atoms with Crippen molar-refractivity contribution in [3.05, 3.63) is 66.1 Å². The van der Waals surface area contributed by atoms with Crippen LogP contribution in [0.1, 0.15) is 11.1 Å². The van der Waals surface area contributed by atoms with E-state index in [4.69, 9.17) is 5.26 Å². The minimum Gasteiger partial charge on any atom is -0.361 e. The molecule has 0 spiro atoms. The zero-order valence-electron chi connectivity index (χ0n) is 10.5. The van der Waals surface area contributed by atoms with Gasteiger partial charge in [-0.05, 0) is 17.7 Å². The van der Waals surface area contributed by atoms with Crippen LogP contribution in [-0.4, -0.2) is 4.98 Å². The molecule has 0 saturated carbocycles. The second kappa shape index (κ2) is 4.95. The highest BCUT2D eigenvalue weighted by molar-refractivity contribution is 5.82. The number of H-pyrrole nitrogens is 1. The normalized spacial score (nSPS) is 10.5. The molecule has 0 radical (unpaired) electrons. The lowest BCUT2D eigenvalue weighted by molar-refractivity contribution is -0.696. The Kier molecular flexibility index (Phi) is 2.99. The molecule has 1 aromatic carbocycles. The van der Waals surface area contributed by atoms with Crippen LogP contribution in [0.4, 0.5) is 0 Å². The highest BCUT2D eigenvalue weighted by Crippen LogP contribution is 2.17. The fourth-order valence-electron chi connectivity index (χ4n) is 2.32. The van der Waals surface area contributed by atoms with Crippen LogP contribution in [0.25, 0.3) is 10.9 Å². The fourth-order valence-corrected chi connectivity index (χ4v) is 2.32. The van der Waals surface area contributed by atoms with E-state index in [9.17, 15) is 0 Å². The lowest BCUT2D eigenvalue weighted by Crippen LogP contribution is -2.34. The average molecular weight is 248 g/mol. The fraction of sp³-hybridized carbons (Fsp3) is 0.125. The lowest BCUT2D eigenvalue weighted by atomic mass is 10.1. The number of para-hydroxylation sites is 1. The van der Waals surface area contributed by atoms with Crippen molar-refractivity contribution in [3.8, 4) is 6.07 Å². The molecule has 0 unspecified atom stereocenters. The zero-order chi connectivity index (χ0) is 13.1. The number of benzene rings is 1. The minimum absolute atomic E-state index is 0.696. The Bertz CT molecular complexity index is 750. The topological polar surface area (TPSA) is 43.5 Å². The van der Waals surface area contributed by atoms with E-state index in [1.807, 2.05) is 30.6 Å². The van der Waals surface area contributed by atoms with Crippen LogP contribution in [0, 0.1) is 11.3 Å². The molecule has 0 fully saturated rings. The quantitative estimate of drug-likeness (QED) is 0.711. The Balaban J connectivity index is 1.81. The minimum atomic E-state index is 0.696. The summed E-state index contributed by atoms with van der Waals surface area (Å²) in [6.45, 7) is 0.872. The van der Waals surface area contributed by atoms with Crippen LogP contribution in [0.15, 0.2) is 55.0 Å². The molecule has 1 N–H and O–H groups in total. The molecule has 0 atom stereocenters. The summed E-state index contributed by atoms with van der Waals surface area (Å²) in [6.07, 6.45) is 6.90. The molecular weight excluding hydrogens is 234 g/mol. The Morgan fingerprint density at radius 2 is 2.05 bits per heavy atom. The summed E-state index contributed by atoms with van der Waals surface area (Å²) in [4.78, 5) is 3.29. The van der Waals surface area contributed by atoms with Gasteiger partial charge in [-0.3, -0.25) is 0 Å². The standard InChI is InChI=1S/C16H14N3/c17-10-13-4-3-8-19(12-13)9-7-14-11-18-16-6-2-1-5-15(14)16/h1-6,8,11-12,18H,7,9H2/q+1. The number of pyridine rings is 1. The number of hydrogen-bond donors (Lipinski definition) is 1. The van der Waals surface area contributed by atoms with Gasteiger partial charge in [-0.2, -0.15) is 5.26 Å². The molecule has 3 rings (SSSR count). The highest BCUT2D eigenvalue weighted by Gasteiger charge is 2.07. The third-order valence-electron chi connectivity index (χ3n) is 3.30. The number of hydrogen-bond acceptors (Lipinski definition) is 1. The predicted octanol–water partition coefficient (Wildman–Crippen LogP) is 2.57. The maximum Gasteiger partial charge on any atom is 0.186 e. The zero-order valence-corrected chi connectivity index (χ0v) is 10.5. The summed E-state index contributed by atoms with van der Waals surface area (Å²) in [6, 6.07) is 14.2. The van der Waals surface area contributed by atoms with Crippen LogP contribution in [0.2, 0.25) is 0 Å². The number of fused-ring (bicyclic) bond motifs is 1. The van der Waals surface area contributed by atoms with Gasteiger partial charge in [-0.25, -0.2) is 4.57 Å². The van der Waals surface area contributed by atoms with Crippen molar-refractivity contribution < 1.29 is 4.57 Å². The van der Waals surface area contributed by atoms with Gasteiger partial charge in [0, 0.05) is 29.6 Å². The van der Waals surface area contributed by atoms with Crippen molar-refractivity contribution in [2.45, 2.75) is 13.0 Å². The molecule has 0 aliphatic heterocycles. The monoisotopic (exact) mass is 248 g/mol. The van der Waals surface area contributed by atoms with Gasteiger partial charge in [-0.15, -0.1) is 0 Å². The van der Waals surface area contributed by atoms with Crippen LogP contribution in [-0.2, 0) is 13.0 Å². The first-order valence-electron chi connectivity index (χ1n) is 6.31. The van der Waals surface area contributed by atoms with E-state index in [1.54, 1.807) is 0 Å². The van der Waals surface area contributed by atoms with Crippen LogP contribution < -0.4 is 4.57 Å². The summed E-state index contributed by atoms with van der Waals surface area (Å²) >= 11 is 0. The van der Waals surface area contributed by atoms with Gasteiger partial charge in [0.05, 0.1) is 0 Å². The van der Waals surface area contributed by atoms with Crippen molar-refractivity contribution in [1.29, 1.82) is 5.26 Å². The molecule has 3 heteroatoms. The van der Waals surface area contributed by atoms with E-state index in [1.165, 1.54) is 16.5 Å². The molecule has 0 saturated heterocycles. The third-order valence-corrected chi connectivity index (χ3v) is 3.30. The average Bonchev–Trinajstić information content (AvgIpc) is 2.89. The van der Waals surface area contributed by atoms with Crippen LogP contribution in [0.5, 0.6) is 0 Å². The first kappa shape index (κ1) is 11.5. The second-order valence-electron chi connectivity index (χ2n) is 4.55. The maximum atomic E-state index is 8.89. The van der Waals surface area contributed by atoms with E-state index in [2.05, 4.69) is 40.0 Å². The summed E-state index contributed by atoms with van der Waals surface area (Å²) in [5.41, 5.74) is 3.18. The molecule has 0 aliphatic rings. The maximum absolute atomic E-state index is 8.89. The number of aromatic amines is 1. The van der Waals surface area contributed by atoms with Crippen molar-refractivity contribution >= 4 is 10.9 Å². The smallest absolute Gasteiger partial charge is 0.186 e. The molecule has 19 heavy (non-hydrogen) atoms. The predicted molar refractivity (Wildman–Crippen MR) is 73.4 cm³/mol. The Hall–Kier alpha value is -2.60. The number of nitrogens with zero attached hydrogens (tertiary/aromatic N) is 2. The number of aryl methyl sites for hydroxylation is 2. The van der Waals surface area contributed by atoms with Gasteiger partial charge >= 0.3 is 0 Å². The highest BCUT2D eigenvalue weighted by atomic mass is 14.9. The third kappa shape index (κ3) is 2.34. The molecule has 0 bridgehead atoms. The van der Waals surface area contributed by atoms with E-state index in [0.29, 0.717) is 5.56 Å². The molecule has 0 amide bonds. The summed E-state index contributed by atoms with van der Waals surface area (Å²) < 4.78 is 2.06. The molecule has 3 aromatic rings. The summed E-state index contributed by atoms with van der Waals surface area (Å²) in [7, 11) is 0. The number of nitrogens with one attached hydrogen (secondary N) is 1. The van der Waals surface area contributed by atoms with Crippen LogP contribution in [0.3, 0.4) is 0 Å². The second-order valence-corrected chi connectivity index (χ2v) is 4.55. The van der Waals surface area contributed by atoms with E-state index < -0.39 is 0 Å². The largest absolute Gasteiger partial charge is 0.361 e. The molecule has 92 valence electrons. The van der Waals surface area contributed by atoms with Gasteiger partial charge in [0.25, 0.3) is 0 Å². The first-order valence-corrected chi connectivity index (χ1v) is 6.31. The summed E-state index contributed by atoms with van der Waals surface area (Å²) in [5, 5.41) is 10.2. The summed E-state index contributed by atoms with van der Waals surface area (Å²) in [5.74, 6) is 0. The van der Waals surface area contributed by atoms with Gasteiger partial charge in [0.2, 0.25) is 0 Å². The molecule has 3 nitrogen and oxygen atoms in total. The van der Waals surface area contributed by atoms with Gasteiger partial charge < -0.3 is 4.98 Å².